The van der Waals surface area contributed by atoms with E-state index in [1.54, 1.807) is 0 Å². The molecule has 0 saturated heterocycles. The minimum Gasteiger partial charge on any atom is -0.316 e. The van der Waals surface area contributed by atoms with E-state index in [4.69, 9.17) is 0 Å². The number of hydrogen-bond donors (Lipinski definition) is 1. The second-order valence-corrected chi connectivity index (χ2v) is 6.36. The Morgan fingerprint density at radius 2 is 2.00 bits per heavy atom. The Kier molecular flexibility index (Phi) is 3.34. The average Bonchev–Trinajstić information content (AvgIpc) is 3.00. The van der Waals surface area contributed by atoms with Gasteiger partial charge in [-0.15, -0.1) is 0 Å². The highest BCUT2D eigenvalue weighted by molar-refractivity contribution is 5.22. The summed E-state index contributed by atoms with van der Waals surface area (Å²) in [5.41, 5.74) is 0.678. The van der Waals surface area contributed by atoms with Gasteiger partial charge in [-0.1, -0.05) is 6.92 Å². The molecule has 0 aliphatic heterocycles. The van der Waals surface area contributed by atoms with Crippen LogP contribution in [0.2, 0.25) is 0 Å². The van der Waals surface area contributed by atoms with E-state index in [0.717, 1.165) is 24.9 Å². The van der Waals surface area contributed by atoms with E-state index in [0.29, 0.717) is 12.0 Å². The lowest BCUT2D eigenvalue weighted by molar-refractivity contribution is 0.247. The first-order valence-corrected chi connectivity index (χ1v) is 7.26. The van der Waals surface area contributed by atoms with Crippen LogP contribution in [0.5, 0.6) is 0 Å². The molecular weight excluding hydrogens is 244 g/mol. The Morgan fingerprint density at radius 3 is 2.68 bits per heavy atom. The Labute approximate surface area is 113 Å². The fourth-order valence-corrected chi connectivity index (χ4v) is 3.83. The maximum atomic E-state index is 13.8. The summed E-state index contributed by atoms with van der Waals surface area (Å²) >= 11 is 0. The minimum absolute atomic E-state index is 0.137. The zero-order chi connectivity index (χ0) is 13.5. The normalized spacial score (nSPS) is 32.4. The van der Waals surface area contributed by atoms with Gasteiger partial charge in [-0.2, -0.15) is 0 Å². The van der Waals surface area contributed by atoms with Crippen molar-refractivity contribution >= 4 is 0 Å². The van der Waals surface area contributed by atoms with Crippen molar-refractivity contribution in [3.8, 4) is 0 Å². The summed E-state index contributed by atoms with van der Waals surface area (Å²) in [6.07, 6.45) is 4.34. The van der Waals surface area contributed by atoms with E-state index in [1.807, 2.05) is 0 Å². The van der Waals surface area contributed by atoms with Crippen molar-refractivity contribution in [2.24, 2.45) is 17.3 Å². The molecule has 104 valence electrons. The summed E-state index contributed by atoms with van der Waals surface area (Å²) in [5, 5.41) is 3.41. The van der Waals surface area contributed by atoms with Gasteiger partial charge < -0.3 is 5.32 Å². The van der Waals surface area contributed by atoms with Crippen molar-refractivity contribution in [3.05, 3.63) is 35.4 Å². The number of nitrogens with one attached hydrogen (secondary N) is 1. The lowest BCUT2D eigenvalue weighted by Gasteiger charge is -2.31. The SMILES string of the molecule is CCNCC1(Cc2cc(F)ccc2F)CC2CC2C1. The van der Waals surface area contributed by atoms with Gasteiger partial charge >= 0.3 is 0 Å². The number of halogens is 2. The fraction of sp³-hybridized carbons (Fsp3) is 0.625. The molecule has 1 aromatic rings. The summed E-state index contributed by atoms with van der Waals surface area (Å²) in [5.74, 6) is 1.08. The highest BCUT2D eigenvalue weighted by Crippen LogP contribution is 2.60. The monoisotopic (exact) mass is 265 g/mol. The van der Waals surface area contributed by atoms with E-state index in [9.17, 15) is 8.78 Å². The second kappa shape index (κ2) is 4.86. The van der Waals surface area contributed by atoms with Crippen molar-refractivity contribution in [1.29, 1.82) is 0 Å². The van der Waals surface area contributed by atoms with Gasteiger partial charge in [0.15, 0.2) is 0 Å². The number of benzene rings is 1. The van der Waals surface area contributed by atoms with Crippen molar-refractivity contribution in [1.82, 2.24) is 5.32 Å². The first-order valence-electron chi connectivity index (χ1n) is 7.26. The number of rotatable bonds is 5. The van der Waals surface area contributed by atoms with Gasteiger partial charge in [0.2, 0.25) is 0 Å². The molecular formula is C16H21F2N. The molecule has 3 heteroatoms. The first kappa shape index (κ1) is 13.0. The molecule has 2 unspecified atom stereocenters. The first-order chi connectivity index (χ1) is 9.12. The van der Waals surface area contributed by atoms with Gasteiger partial charge in [0.1, 0.15) is 11.6 Å². The van der Waals surface area contributed by atoms with Crippen LogP contribution in [0.15, 0.2) is 18.2 Å². The Hall–Kier alpha value is -0.960. The molecule has 2 saturated carbocycles. The van der Waals surface area contributed by atoms with E-state index < -0.39 is 0 Å². The summed E-state index contributed by atoms with van der Waals surface area (Å²) in [6.45, 7) is 3.95. The lowest BCUT2D eigenvalue weighted by Crippen LogP contribution is -2.35. The Balaban J connectivity index is 1.79. The zero-order valence-corrected chi connectivity index (χ0v) is 11.4. The molecule has 0 bridgehead atoms. The molecule has 0 spiro atoms. The lowest BCUT2D eigenvalue weighted by atomic mass is 9.77. The van der Waals surface area contributed by atoms with Crippen LogP contribution in [0.3, 0.4) is 0 Å². The van der Waals surface area contributed by atoms with Crippen molar-refractivity contribution < 1.29 is 8.78 Å². The van der Waals surface area contributed by atoms with Crippen molar-refractivity contribution in [2.45, 2.75) is 32.6 Å². The number of fused-ring (bicyclic) bond motifs is 1. The minimum atomic E-state index is -0.335. The van der Waals surface area contributed by atoms with Crippen LogP contribution in [-0.4, -0.2) is 13.1 Å². The topological polar surface area (TPSA) is 12.0 Å². The summed E-state index contributed by atoms with van der Waals surface area (Å²) in [6, 6.07) is 3.82. The van der Waals surface area contributed by atoms with E-state index in [1.165, 1.54) is 37.5 Å². The zero-order valence-electron chi connectivity index (χ0n) is 11.4. The fourth-order valence-electron chi connectivity index (χ4n) is 3.83. The van der Waals surface area contributed by atoms with Gasteiger partial charge in [-0.25, -0.2) is 8.78 Å². The largest absolute Gasteiger partial charge is 0.316 e. The third kappa shape index (κ3) is 2.66. The smallest absolute Gasteiger partial charge is 0.126 e. The van der Waals surface area contributed by atoms with Crippen LogP contribution in [-0.2, 0) is 6.42 Å². The molecule has 2 aliphatic carbocycles. The molecule has 2 atom stereocenters. The quantitative estimate of drug-likeness (QED) is 0.858. The van der Waals surface area contributed by atoms with Crippen LogP contribution >= 0.6 is 0 Å². The van der Waals surface area contributed by atoms with Crippen LogP contribution in [0, 0.1) is 28.9 Å². The maximum Gasteiger partial charge on any atom is 0.126 e. The number of hydrogen-bond acceptors (Lipinski definition) is 1. The van der Waals surface area contributed by atoms with Crippen LogP contribution in [0.25, 0.3) is 0 Å². The van der Waals surface area contributed by atoms with Crippen LogP contribution < -0.4 is 5.32 Å². The molecule has 1 aromatic carbocycles. The highest BCUT2D eigenvalue weighted by atomic mass is 19.1. The van der Waals surface area contributed by atoms with Gasteiger partial charge in [-0.05, 0) is 73.2 Å². The predicted octanol–water partition coefficient (Wildman–Crippen LogP) is 3.53. The highest BCUT2D eigenvalue weighted by Gasteiger charge is 2.53. The van der Waals surface area contributed by atoms with E-state index >= 15 is 0 Å². The Bertz CT molecular complexity index is 462. The van der Waals surface area contributed by atoms with Gasteiger partial charge in [-0.3, -0.25) is 0 Å². The molecule has 2 fully saturated rings. The molecule has 2 aliphatic rings. The molecule has 19 heavy (non-hydrogen) atoms. The molecule has 1 nitrogen and oxygen atoms in total. The van der Waals surface area contributed by atoms with Crippen molar-refractivity contribution in [3.63, 3.8) is 0 Å². The van der Waals surface area contributed by atoms with Gasteiger partial charge in [0, 0.05) is 6.54 Å². The standard InChI is InChI=1S/C16H21F2N/c1-2-19-10-16(7-11-5-12(11)8-16)9-13-6-14(17)3-4-15(13)18/h3-4,6,11-12,19H,2,5,7-10H2,1H3. The van der Waals surface area contributed by atoms with E-state index in [-0.39, 0.29) is 17.0 Å². The molecule has 1 N–H and O–H groups in total. The van der Waals surface area contributed by atoms with Crippen LogP contribution in [0.1, 0.15) is 31.7 Å². The third-order valence-electron chi connectivity index (χ3n) is 4.78. The van der Waals surface area contributed by atoms with Crippen LogP contribution in [0.4, 0.5) is 8.78 Å². The summed E-state index contributed by atoms with van der Waals surface area (Å²) in [4.78, 5) is 0. The molecule has 0 radical (unpaired) electrons. The maximum absolute atomic E-state index is 13.8. The third-order valence-corrected chi connectivity index (χ3v) is 4.78. The summed E-state index contributed by atoms with van der Waals surface area (Å²) < 4.78 is 27.1. The molecule has 0 heterocycles. The van der Waals surface area contributed by atoms with E-state index in [2.05, 4.69) is 12.2 Å². The molecule has 3 rings (SSSR count). The summed E-state index contributed by atoms with van der Waals surface area (Å²) in [7, 11) is 0. The molecule has 0 aromatic heterocycles. The average molecular weight is 265 g/mol. The van der Waals surface area contributed by atoms with Crippen molar-refractivity contribution in [2.75, 3.05) is 13.1 Å². The molecule has 0 amide bonds. The Morgan fingerprint density at radius 1 is 1.26 bits per heavy atom. The van der Waals surface area contributed by atoms with Gasteiger partial charge in [0.25, 0.3) is 0 Å². The predicted molar refractivity (Wildman–Crippen MR) is 71.9 cm³/mol. The second-order valence-electron chi connectivity index (χ2n) is 6.36. The van der Waals surface area contributed by atoms with Gasteiger partial charge in [0.05, 0.1) is 0 Å².